The van der Waals surface area contributed by atoms with Crippen molar-refractivity contribution in [3.05, 3.63) is 59.7 Å². The lowest BCUT2D eigenvalue weighted by atomic mass is 9.85. The van der Waals surface area contributed by atoms with Gasteiger partial charge in [0.05, 0.1) is 0 Å². The number of aliphatic carboxylic acids is 1. The Bertz CT molecular complexity index is 1120. The first-order valence-corrected chi connectivity index (χ1v) is 11.3. The summed E-state index contributed by atoms with van der Waals surface area (Å²) in [5.74, 6) is 0.703. The summed E-state index contributed by atoms with van der Waals surface area (Å²) in [6, 6.07) is 14.0. The number of carboxylic acid groups (broad SMARTS) is 1. The normalized spacial score (nSPS) is 19.0. The summed E-state index contributed by atoms with van der Waals surface area (Å²) < 4.78 is 5.54. The summed E-state index contributed by atoms with van der Waals surface area (Å²) in [6.45, 7) is 4.02. The van der Waals surface area contributed by atoms with Crippen LogP contribution in [0.2, 0.25) is 0 Å². The average molecular weight is 461 g/mol. The van der Waals surface area contributed by atoms with Gasteiger partial charge in [-0.05, 0) is 34.1 Å². The van der Waals surface area contributed by atoms with Crippen LogP contribution in [0, 0.1) is 17.8 Å². The van der Waals surface area contributed by atoms with Gasteiger partial charge in [0, 0.05) is 18.9 Å². The zero-order valence-electron chi connectivity index (χ0n) is 19.3. The number of ether oxygens (including phenoxy) is 1. The van der Waals surface area contributed by atoms with E-state index in [0.717, 1.165) is 22.3 Å². The Hall–Kier alpha value is -3.79. The predicted molar refractivity (Wildman–Crippen MR) is 127 cm³/mol. The second-order valence-corrected chi connectivity index (χ2v) is 9.44. The summed E-state index contributed by atoms with van der Waals surface area (Å²) in [5, 5.41) is 12.2. The van der Waals surface area contributed by atoms with Crippen LogP contribution in [0.3, 0.4) is 0 Å². The average Bonchev–Trinajstić information content (AvgIpc) is 3.31. The molecule has 0 spiro atoms. The Morgan fingerprint density at radius 3 is 2.29 bits per heavy atom. The Morgan fingerprint density at radius 2 is 1.74 bits per heavy atom. The maximum Gasteiger partial charge on any atom is 0.407 e. The second-order valence-electron chi connectivity index (χ2n) is 9.44. The molecule has 0 bridgehead atoms. The minimum Gasteiger partial charge on any atom is -0.480 e. The second kappa shape index (κ2) is 9.22. The van der Waals surface area contributed by atoms with Crippen LogP contribution in [0.4, 0.5) is 4.79 Å². The maximum absolute atomic E-state index is 13.2. The molecule has 34 heavy (non-hydrogen) atoms. The molecule has 176 valence electrons. The minimum absolute atomic E-state index is 0.0632. The van der Waals surface area contributed by atoms with Crippen LogP contribution in [-0.2, 0) is 14.3 Å². The van der Waals surface area contributed by atoms with E-state index in [-0.39, 0.29) is 25.5 Å². The molecule has 4 rings (SSSR count). The van der Waals surface area contributed by atoms with E-state index < -0.39 is 35.5 Å². The fraction of sp³-hybridized carbons (Fsp3) is 0.370. The van der Waals surface area contributed by atoms with Gasteiger partial charge in [0.25, 0.3) is 0 Å². The SMILES string of the molecule is C#CCC(NC(=O)OCC1c2ccccc2-c2ccccc21)C(=O)N1CCC(C)(C)C1C(=O)O. The fourth-order valence-corrected chi connectivity index (χ4v) is 5.10. The largest absolute Gasteiger partial charge is 0.480 e. The van der Waals surface area contributed by atoms with Gasteiger partial charge in [-0.25, -0.2) is 9.59 Å². The highest BCUT2D eigenvalue weighted by molar-refractivity contribution is 5.90. The first-order chi connectivity index (χ1) is 16.2. The van der Waals surface area contributed by atoms with Crippen molar-refractivity contribution in [3.8, 4) is 23.5 Å². The standard InChI is InChI=1S/C27H28N2O5/c1-4-9-22(24(30)29-15-14-27(2,3)23(29)25(31)32)28-26(33)34-16-21-19-12-7-5-10-17(19)18-11-6-8-13-20(18)21/h1,5-8,10-13,21-23H,9,14-16H2,2-3H3,(H,28,33)(H,31,32). The lowest BCUT2D eigenvalue weighted by Crippen LogP contribution is -2.53. The molecule has 1 saturated heterocycles. The molecule has 1 aliphatic heterocycles. The third-order valence-electron chi connectivity index (χ3n) is 6.82. The molecule has 2 unspecified atom stereocenters. The van der Waals surface area contributed by atoms with Crippen molar-refractivity contribution in [2.45, 2.75) is 44.7 Å². The van der Waals surface area contributed by atoms with Crippen molar-refractivity contribution < 1.29 is 24.2 Å². The van der Waals surface area contributed by atoms with Crippen LogP contribution in [-0.4, -0.2) is 53.2 Å². The lowest BCUT2D eigenvalue weighted by Gasteiger charge is -2.31. The number of nitrogens with one attached hydrogen (secondary N) is 1. The van der Waals surface area contributed by atoms with Gasteiger partial charge >= 0.3 is 12.1 Å². The van der Waals surface area contributed by atoms with Gasteiger partial charge in [0.15, 0.2) is 0 Å². The highest BCUT2D eigenvalue weighted by Gasteiger charge is 2.48. The quantitative estimate of drug-likeness (QED) is 0.642. The summed E-state index contributed by atoms with van der Waals surface area (Å²) in [7, 11) is 0. The maximum atomic E-state index is 13.2. The number of rotatable bonds is 6. The van der Waals surface area contributed by atoms with Crippen molar-refractivity contribution in [2.75, 3.05) is 13.2 Å². The van der Waals surface area contributed by atoms with Crippen LogP contribution in [0.25, 0.3) is 11.1 Å². The molecule has 2 aromatic carbocycles. The van der Waals surface area contributed by atoms with E-state index in [0.29, 0.717) is 6.42 Å². The molecule has 1 fully saturated rings. The number of hydrogen-bond acceptors (Lipinski definition) is 4. The zero-order valence-corrected chi connectivity index (χ0v) is 19.3. The first-order valence-electron chi connectivity index (χ1n) is 11.3. The minimum atomic E-state index is -1.07. The summed E-state index contributed by atoms with van der Waals surface area (Å²) in [6.07, 6.45) is 5.16. The van der Waals surface area contributed by atoms with E-state index in [1.807, 2.05) is 62.4 Å². The van der Waals surface area contributed by atoms with Crippen molar-refractivity contribution in [1.82, 2.24) is 10.2 Å². The Labute approximate surface area is 199 Å². The summed E-state index contributed by atoms with van der Waals surface area (Å²) in [5.41, 5.74) is 3.81. The molecule has 2 amide bonds. The number of benzene rings is 2. The van der Waals surface area contributed by atoms with Gasteiger partial charge in [0.2, 0.25) is 5.91 Å². The molecule has 0 aromatic heterocycles. The Morgan fingerprint density at radius 1 is 1.15 bits per heavy atom. The monoisotopic (exact) mass is 460 g/mol. The fourth-order valence-electron chi connectivity index (χ4n) is 5.10. The van der Waals surface area contributed by atoms with E-state index in [1.54, 1.807) is 0 Å². The van der Waals surface area contributed by atoms with Gasteiger partial charge in [-0.3, -0.25) is 4.79 Å². The van der Waals surface area contributed by atoms with E-state index in [4.69, 9.17) is 11.2 Å². The molecular weight excluding hydrogens is 432 g/mol. The third-order valence-corrected chi connectivity index (χ3v) is 6.82. The number of terminal acetylenes is 1. The Balaban J connectivity index is 1.45. The van der Waals surface area contributed by atoms with Crippen LogP contribution < -0.4 is 5.32 Å². The molecule has 2 atom stereocenters. The molecule has 2 aliphatic rings. The molecule has 2 aromatic rings. The van der Waals surface area contributed by atoms with Crippen LogP contribution in [0.15, 0.2) is 48.5 Å². The van der Waals surface area contributed by atoms with Crippen LogP contribution in [0.5, 0.6) is 0 Å². The number of likely N-dealkylation sites (tertiary alicyclic amines) is 1. The molecule has 0 saturated carbocycles. The number of amides is 2. The van der Waals surface area contributed by atoms with Gasteiger partial charge in [-0.15, -0.1) is 12.3 Å². The molecule has 1 heterocycles. The van der Waals surface area contributed by atoms with Gasteiger partial charge in [0.1, 0.15) is 18.7 Å². The number of fused-ring (bicyclic) bond motifs is 3. The summed E-state index contributed by atoms with van der Waals surface area (Å²) >= 11 is 0. The molecular formula is C27H28N2O5. The number of carbonyl (C=O) groups excluding carboxylic acids is 2. The van der Waals surface area contributed by atoms with Gasteiger partial charge in [-0.1, -0.05) is 62.4 Å². The van der Waals surface area contributed by atoms with Crippen LogP contribution >= 0.6 is 0 Å². The zero-order chi connectivity index (χ0) is 24.5. The lowest BCUT2D eigenvalue weighted by molar-refractivity contribution is -0.151. The number of hydrogen-bond donors (Lipinski definition) is 2. The van der Waals surface area contributed by atoms with Crippen molar-refractivity contribution in [2.24, 2.45) is 5.41 Å². The van der Waals surface area contributed by atoms with E-state index in [9.17, 15) is 19.5 Å². The summed E-state index contributed by atoms with van der Waals surface area (Å²) in [4.78, 5) is 39.0. The molecule has 7 heteroatoms. The highest BCUT2D eigenvalue weighted by atomic mass is 16.5. The van der Waals surface area contributed by atoms with Crippen molar-refractivity contribution in [1.29, 1.82) is 0 Å². The molecule has 2 N–H and O–H groups in total. The molecule has 7 nitrogen and oxygen atoms in total. The van der Waals surface area contributed by atoms with Gasteiger partial charge in [-0.2, -0.15) is 0 Å². The smallest absolute Gasteiger partial charge is 0.407 e. The Kier molecular flexibility index (Phi) is 6.34. The number of carboxylic acids is 1. The van der Waals surface area contributed by atoms with E-state index >= 15 is 0 Å². The number of alkyl carbamates (subject to hydrolysis) is 1. The van der Waals surface area contributed by atoms with Crippen molar-refractivity contribution in [3.63, 3.8) is 0 Å². The number of nitrogens with zero attached hydrogens (tertiary/aromatic N) is 1. The van der Waals surface area contributed by atoms with Crippen molar-refractivity contribution >= 4 is 18.0 Å². The van der Waals surface area contributed by atoms with E-state index in [2.05, 4.69) is 11.2 Å². The third kappa shape index (κ3) is 4.24. The van der Waals surface area contributed by atoms with Gasteiger partial charge < -0.3 is 20.1 Å². The first kappa shape index (κ1) is 23.4. The van der Waals surface area contributed by atoms with E-state index in [1.165, 1.54) is 4.90 Å². The molecule has 1 aliphatic carbocycles. The topological polar surface area (TPSA) is 95.9 Å². The predicted octanol–water partition coefficient (Wildman–Crippen LogP) is 3.63. The molecule has 0 radical (unpaired) electrons. The highest BCUT2D eigenvalue weighted by Crippen LogP contribution is 2.44. The van der Waals surface area contributed by atoms with Crippen LogP contribution in [0.1, 0.15) is 43.7 Å². The number of carbonyl (C=O) groups is 3.